The van der Waals surface area contributed by atoms with Crippen molar-refractivity contribution >= 4 is 5.69 Å². The minimum absolute atomic E-state index is 0.716. The van der Waals surface area contributed by atoms with Crippen molar-refractivity contribution in [2.75, 3.05) is 7.11 Å². The summed E-state index contributed by atoms with van der Waals surface area (Å²) in [5.41, 5.74) is 0.716. The van der Waals surface area contributed by atoms with E-state index in [2.05, 4.69) is 10.3 Å². The molecule has 1 rings (SSSR count). The van der Waals surface area contributed by atoms with Gasteiger partial charge in [0.2, 0.25) is 0 Å². The van der Waals surface area contributed by atoms with Crippen LogP contribution in [0.15, 0.2) is 34.6 Å². The smallest absolute Gasteiger partial charge is 0.119 e. The number of rotatable bonds is 2. The van der Waals surface area contributed by atoms with E-state index in [-0.39, 0.29) is 0 Å². The molecule has 0 radical (unpaired) electrons. The van der Waals surface area contributed by atoms with Gasteiger partial charge in [-0.15, -0.1) is 5.11 Å². The van der Waals surface area contributed by atoms with E-state index in [4.69, 9.17) is 10.6 Å². The lowest BCUT2D eigenvalue weighted by Crippen LogP contribution is -1.80. The molecule has 1 aromatic carbocycles. The first-order valence-corrected chi connectivity index (χ1v) is 3.12. The summed E-state index contributed by atoms with van der Waals surface area (Å²) >= 11 is 0. The van der Waals surface area contributed by atoms with Crippen LogP contribution in [0.5, 0.6) is 5.75 Å². The Morgan fingerprint density at radius 1 is 1.27 bits per heavy atom. The third-order valence-electron chi connectivity index (χ3n) is 1.25. The van der Waals surface area contributed by atoms with Crippen LogP contribution in [0.1, 0.15) is 0 Å². The monoisotopic (exact) mass is 151 g/mol. The standard InChI is InChI=1S/C7H9N3O/c1-11-7-4-2-6(3-5-7)9-10-8/h2-5H,1H3,(H2,8,9). The van der Waals surface area contributed by atoms with Crippen molar-refractivity contribution in [2.24, 2.45) is 16.2 Å². The summed E-state index contributed by atoms with van der Waals surface area (Å²) in [7, 11) is 1.61. The first-order chi connectivity index (χ1) is 5.36. The molecular weight excluding hydrogens is 142 g/mol. The zero-order valence-electron chi connectivity index (χ0n) is 6.19. The second kappa shape index (κ2) is 3.55. The topological polar surface area (TPSA) is 60.0 Å². The van der Waals surface area contributed by atoms with Gasteiger partial charge in [-0.25, -0.2) is 0 Å². The van der Waals surface area contributed by atoms with Crippen LogP contribution in [0.2, 0.25) is 0 Å². The Morgan fingerprint density at radius 3 is 2.36 bits per heavy atom. The van der Waals surface area contributed by atoms with Gasteiger partial charge in [-0.1, -0.05) is 5.22 Å². The number of ether oxygens (including phenoxy) is 1. The number of methoxy groups -OCH3 is 1. The molecule has 0 amide bonds. The molecule has 0 heterocycles. The van der Waals surface area contributed by atoms with Gasteiger partial charge in [0.25, 0.3) is 0 Å². The number of nitrogens with two attached hydrogens (primary N) is 1. The minimum atomic E-state index is 0.716. The fourth-order valence-corrected chi connectivity index (χ4v) is 0.716. The maximum atomic E-state index is 4.94. The Balaban J connectivity index is 2.82. The van der Waals surface area contributed by atoms with Gasteiger partial charge in [-0.2, -0.15) is 0 Å². The Hall–Kier alpha value is -1.58. The van der Waals surface area contributed by atoms with E-state index in [1.165, 1.54) is 0 Å². The molecule has 0 aliphatic carbocycles. The lowest BCUT2D eigenvalue weighted by Gasteiger charge is -1.97. The highest BCUT2D eigenvalue weighted by molar-refractivity contribution is 5.40. The van der Waals surface area contributed by atoms with Crippen molar-refractivity contribution < 1.29 is 4.74 Å². The molecule has 11 heavy (non-hydrogen) atoms. The summed E-state index contributed by atoms with van der Waals surface area (Å²) in [6, 6.07) is 7.14. The van der Waals surface area contributed by atoms with E-state index in [0.29, 0.717) is 5.69 Å². The summed E-state index contributed by atoms with van der Waals surface area (Å²) in [6.07, 6.45) is 0. The molecule has 0 saturated heterocycles. The van der Waals surface area contributed by atoms with Gasteiger partial charge in [0.1, 0.15) is 5.75 Å². The molecular formula is C7H9N3O. The fourth-order valence-electron chi connectivity index (χ4n) is 0.716. The molecule has 0 saturated carbocycles. The van der Waals surface area contributed by atoms with Gasteiger partial charge >= 0.3 is 0 Å². The van der Waals surface area contributed by atoms with Crippen LogP contribution >= 0.6 is 0 Å². The summed E-state index contributed by atoms with van der Waals surface area (Å²) < 4.78 is 4.94. The van der Waals surface area contributed by atoms with Crippen LogP contribution in [0.4, 0.5) is 5.69 Å². The summed E-state index contributed by atoms with van der Waals surface area (Å²) in [5.74, 6) is 5.65. The molecule has 0 aromatic heterocycles. The van der Waals surface area contributed by atoms with Gasteiger partial charge in [0.15, 0.2) is 0 Å². The molecule has 0 spiro atoms. The van der Waals surface area contributed by atoms with Crippen molar-refractivity contribution in [3.05, 3.63) is 24.3 Å². The van der Waals surface area contributed by atoms with Crippen molar-refractivity contribution in [2.45, 2.75) is 0 Å². The van der Waals surface area contributed by atoms with E-state index < -0.39 is 0 Å². The highest BCUT2D eigenvalue weighted by atomic mass is 16.5. The van der Waals surface area contributed by atoms with E-state index in [1.54, 1.807) is 31.4 Å². The maximum absolute atomic E-state index is 4.94. The third-order valence-corrected chi connectivity index (χ3v) is 1.25. The molecule has 4 nitrogen and oxygen atoms in total. The molecule has 0 unspecified atom stereocenters. The molecule has 0 fully saturated rings. The van der Waals surface area contributed by atoms with Crippen molar-refractivity contribution in [3.8, 4) is 5.75 Å². The zero-order chi connectivity index (χ0) is 8.10. The predicted molar refractivity (Wildman–Crippen MR) is 41.7 cm³/mol. The minimum Gasteiger partial charge on any atom is -0.497 e. The van der Waals surface area contributed by atoms with Crippen molar-refractivity contribution in [1.82, 2.24) is 0 Å². The first kappa shape index (κ1) is 7.53. The van der Waals surface area contributed by atoms with Crippen molar-refractivity contribution in [3.63, 3.8) is 0 Å². The van der Waals surface area contributed by atoms with Gasteiger partial charge in [0.05, 0.1) is 12.8 Å². The lowest BCUT2D eigenvalue weighted by molar-refractivity contribution is 0.415. The van der Waals surface area contributed by atoms with Gasteiger partial charge in [0, 0.05) is 0 Å². The zero-order valence-corrected chi connectivity index (χ0v) is 6.19. The quantitative estimate of drug-likeness (QED) is 0.397. The van der Waals surface area contributed by atoms with E-state index in [9.17, 15) is 0 Å². The fraction of sp³-hybridized carbons (Fsp3) is 0.143. The summed E-state index contributed by atoms with van der Waals surface area (Å²) in [6.45, 7) is 0. The Bertz CT molecular complexity index is 242. The largest absolute Gasteiger partial charge is 0.497 e. The Kier molecular flexibility index (Phi) is 2.43. The van der Waals surface area contributed by atoms with E-state index >= 15 is 0 Å². The average Bonchev–Trinajstić information content (AvgIpc) is 2.07. The molecule has 0 bridgehead atoms. The van der Waals surface area contributed by atoms with Gasteiger partial charge in [-0.3, -0.25) is 0 Å². The van der Waals surface area contributed by atoms with Crippen molar-refractivity contribution in [1.29, 1.82) is 0 Å². The third kappa shape index (κ3) is 1.93. The predicted octanol–water partition coefficient (Wildman–Crippen LogP) is 1.65. The first-order valence-electron chi connectivity index (χ1n) is 3.12. The molecule has 1 aromatic rings. The molecule has 2 N–H and O–H groups in total. The summed E-state index contributed by atoms with van der Waals surface area (Å²) in [5, 5.41) is 6.77. The maximum Gasteiger partial charge on any atom is 0.119 e. The Labute approximate surface area is 64.7 Å². The molecule has 4 heteroatoms. The second-order valence-electron chi connectivity index (χ2n) is 1.91. The van der Waals surface area contributed by atoms with Gasteiger partial charge in [-0.05, 0) is 24.3 Å². The van der Waals surface area contributed by atoms with Crippen LogP contribution < -0.4 is 10.6 Å². The van der Waals surface area contributed by atoms with Crippen LogP contribution in [-0.4, -0.2) is 7.11 Å². The number of hydrogen-bond acceptors (Lipinski definition) is 3. The highest BCUT2D eigenvalue weighted by Gasteiger charge is 1.89. The average molecular weight is 151 g/mol. The molecule has 0 aliphatic rings. The Morgan fingerprint density at radius 2 is 1.91 bits per heavy atom. The SMILES string of the molecule is COc1ccc(N=NN)cc1. The molecule has 0 atom stereocenters. The second-order valence-corrected chi connectivity index (χ2v) is 1.91. The normalized spacial score (nSPS) is 10.3. The number of nitrogens with zero attached hydrogens (tertiary/aromatic N) is 2. The van der Waals surface area contributed by atoms with E-state index in [0.717, 1.165) is 5.75 Å². The molecule has 0 aliphatic heterocycles. The summed E-state index contributed by atoms with van der Waals surface area (Å²) in [4.78, 5) is 0. The van der Waals surface area contributed by atoms with E-state index in [1.807, 2.05) is 0 Å². The van der Waals surface area contributed by atoms with Crippen LogP contribution in [0.25, 0.3) is 0 Å². The number of benzene rings is 1. The highest BCUT2D eigenvalue weighted by Crippen LogP contribution is 2.17. The number of hydrogen-bond donors (Lipinski definition) is 1. The van der Waals surface area contributed by atoms with Crippen LogP contribution in [0, 0.1) is 0 Å². The molecule has 58 valence electrons. The lowest BCUT2D eigenvalue weighted by atomic mass is 10.3. The van der Waals surface area contributed by atoms with Gasteiger partial charge < -0.3 is 10.6 Å². The van der Waals surface area contributed by atoms with Crippen LogP contribution in [-0.2, 0) is 0 Å². The van der Waals surface area contributed by atoms with Crippen LogP contribution in [0.3, 0.4) is 0 Å².